The zero-order chi connectivity index (χ0) is 17.5. The third-order valence-corrected chi connectivity index (χ3v) is 3.50. The SMILES string of the molecule is CCOc1cc(CNC(=O)N2CCO[C@@H](C)C2)ccc1OC(F)F. The van der Waals surface area contributed by atoms with Crippen molar-refractivity contribution in [1.82, 2.24) is 10.2 Å². The molecule has 8 heteroatoms. The van der Waals surface area contributed by atoms with Gasteiger partial charge in [-0.05, 0) is 31.5 Å². The lowest BCUT2D eigenvalue weighted by Crippen LogP contribution is -2.48. The fourth-order valence-corrected chi connectivity index (χ4v) is 2.42. The van der Waals surface area contributed by atoms with Gasteiger partial charge in [-0.15, -0.1) is 0 Å². The summed E-state index contributed by atoms with van der Waals surface area (Å²) in [6.45, 7) is 2.93. The summed E-state index contributed by atoms with van der Waals surface area (Å²) in [6, 6.07) is 4.43. The number of alkyl halides is 2. The first kappa shape index (κ1) is 18.3. The van der Waals surface area contributed by atoms with E-state index >= 15 is 0 Å². The quantitative estimate of drug-likeness (QED) is 0.862. The van der Waals surface area contributed by atoms with Gasteiger partial charge in [-0.2, -0.15) is 8.78 Å². The second-order valence-corrected chi connectivity index (χ2v) is 5.38. The van der Waals surface area contributed by atoms with Gasteiger partial charge in [0.05, 0.1) is 19.3 Å². The standard InChI is InChI=1S/C16H22F2N2O4/c1-3-22-14-8-12(4-5-13(14)24-15(17)18)9-19-16(21)20-6-7-23-11(2)10-20/h4-5,8,11,15H,3,6-7,9-10H2,1-2H3,(H,19,21)/t11-/m0/s1. The number of carbonyl (C=O) groups is 1. The number of halogens is 2. The van der Waals surface area contributed by atoms with E-state index in [9.17, 15) is 13.6 Å². The van der Waals surface area contributed by atoms with Crippen LogP contribution in [0.25, 0.3) is 0 Å². The summed E-state index contributed by atoms with van der Waals surface area (Å²) in [5.74, 6) is 0.202. The van der Waals surface area contributed by atoms with Crippen molar-refractivity contribution in [3.05, 3.63) is 23.8 Å². The Balaban J connectivity index is 1.96. The third kappa shape index (κ3) is 5.23. The highest BCUT2D eigenvalue weighted by atomic mass is 19.3. The molecule has 1 aromatic carbocycles. The second-order valence-electron chi connectivity index (χ2n) is 5.38. The molecule has 0 aromatic heterocycles. The Morgan fingerprint density at radius 2 is 2.25 bits per heavy atom. The number of amides is 2. The number of hydrogen-bond donors (Lipinski definition) is 1. The number of benzene rings is 1. The van der Waals surface area contributed by atoms with E-state index in [1.807, 2.05) is 6.92 Å². The van der Waals surface area contributed by atoms with Crippen LogP contribution in [0.5, 0.6) is 11.5 Å². The van der Waals surface area contributed by atoms with E-state index < -0.39 is 6.61 Å². The van der Waals surface area contributed by atoms with E-state index in [2.05, 4.69) is 10.1 Å². The monoisotopic (exact) mass is 344 g/mol. The highest BCUT2D eigenvalue weighted by Crippen LogP contribution is 2.29. The molecule has 0 radical (unpaired) electrons. The van der Waals surface area contributed by atoms with E-state index in [4.69, 9.17) is 9.47 Å². The molecule has 1 aliphatic rings. The molecule has 0 bridgehead atoms. The van der Waals surface area contributed by atoms with E-state index in [1.165, 1.54) is 6.07 Å². The summed E-state index contributed by atoms with van der Waals surface area (Å²) in [7, 11) is 0. The molecule has 0 aliphatic carbocycles. The summed E-state index contributed by atoms with van der Waals surface area (Å²) in [6.07, 6.45) is 0.0137. The van der Waals surface area contributed by atoms with Crippen molar-refractivity contribution in [1.29, 1.82) is 0 Å². The highest BCUT2D eigenvalue weighted by molar-refractivity contribution is 5.74. The molecule has 134 valence electrons. The van der Waals surface area contributed by atoms with Gasteiger partial charge in [0.25, 0.3) is 0 Å². The molecule has 1 fully saturated rings. The summed E-state index contributed by atoms with van der Waals surface area (Å²) in [4.78, 5) is 13.8. The molecular weight excluding hydrogens is 322 g/mol. The molecule has 1 heterocycles. The van der Waals surface area contributed by atoms with E-state index in [1.54, 1.807) is 24.0 Å². The predicted octanol–water partition coefficient (Wildman–Crippen LogP) is 2.62. The summed E-state index contributed by atoms with van der Waals surface area (Å²) < 4.78 is 39.9. The van der Waals surface area contributed by atoms with Crippen LogP contribution in [-0.4, -0.2) is 49.9 Å². The molecule has 2 amide bonds. The van der Waals surface area contributed by atoms with Gasteiger partial charge in [0.2, 0.25) is 0 Å². The summed E-state index contributed by atoms with van der Waals surface area (Å²) >= 11 is 0. The fourth-order valence-electron chi connectivity index (χ4n) is 2.42. The first-order valence-corrected chi connectivity index (χ1v) is 7.84. The Kier molecular flexibility index (Phi) is 6.60. The largest absolute Gasteiger partial charge is 0.490 e. The van der Waals surface area contributed by atoms with Crippen LogP contribution in [0, 0.1) is 0 Å². The maximum absolute atomic E-state index is 12.4. The minimum atomic E-state index is -2.92. The average molecular weight is 344 g/mol. The molecule has 0 unspecified atom stereocenters. The molecule has 0 spiro atoms. The number of ether oxygens (including phenoxy) is 3. The lowest BCUT2D eigenvalue weighted by Gasteiger charge is -2.31. The van der Waals surface area contributed by atoms with Gasteiger partial charge >= 0.3 is 12.6 Å². The van der Waals surface area contributed by atoms with Crippen molar-refractivity contribution in [2.45, 2.75) is 33.1 Å². The van der Waals surface area contributed by atoms with Crippen LogP contribution in [0.2, 0.25) is 0 Å². The van der Waals surface area contributed by atoms with Crippen molar-refractivity contribution >= 4 is 6.03 Å². The maximum Gasteiger partial charge on any atom is 0.387 e. The minimum Gasteiger partial charge on any atom is -0.490 e. The predicted molar refractivity (Wildman–Crippen MR) is 83.5 cm³/mol. The lowest BCUT2D eigenvalue weighted by atomic mass is 10.2. The lowest BCUT2D eigenvalue weighted by molar-refractivity contribution is -0.0514. The number of rotatable bonds is 6. The molecule has 1 saturated heterocycles. The van der Waals surface area contributed by atoms with Crippen molar-refractivity contribution in [2.75, 3.05) is 26.3 Å². The molecule has 1 atom stereocenters. The van der Waals surface area contributed by atoms with Crippen LogP contribution in [0.1, 0.15) is 19.4 Å². The number of nitrogens with zero attached hydrogens (tertiary/aromatic N) is 1. The first-order chi connectivity index (χ1) is 11.5. The van der Waals surface area contributed by atoms with E-state index in [0.717, 1.165) is 5.56 Å². The number of carbonyl (C=O) groups excluding carboxylic acids is 1. The van der Waals surface area contributed by atoms with Crippen LogP contribution in [0.3, 0.4) is 0 Å². The van der Waals surface area contributed by atoms with Crippen LogP contribution in [0.15, 0.2) is 18.2 Å². The Hall–Kier alpha value is -2.09. The van der Waals surface area contributed by atoms with Gasteiger partial charge in [0.15, 0.2) is 11.5 Å². The van der Waals surface area contributed by atoms with E-state index in [-0.39, 0.29) is 30.2 Å². The number of nitrogens with one attached hydrogen (secondary N) is 1. The average Bonchev–Trinajstić information content (AvgIpc) is 2.54. The third-order valence-electron chi connectivity index (χ3n) is 3.50. The topological polar surface area (TPSA) is 60.0 Å². The van der Waals surface area contributed by atoms with Gasteiger partial charge in [-0.3, -0.25) is 0 Å². The maximum atomic E-state index is 12.4. The molecular formula is C16H22F2N2O4. The van der Waals surface area contributed by atoms with Gasteiger partial charge in [-0.1, -0.05) is 6.07 Å². The second kappa shape index (κ2) is 8.68. The Bertz CT molecular complexity index is 557. The smallest absolute Gasteiger partial charge is 0.387 e. The number of morpholine rings is 1. The highest BCUT2D eigenvalue weighted by Gasteiger charge is 2.21. The first-order valence-electron chi connectivity index (χ1n) is 7.84. The number of urea groups is 1. The zero-order valence-electron chi connectivity index (χ0n) is 13.8. The molecule has 24 heavy (non-hydrogen) atoms. The summed E-state index contributed by atoms with van der Waals surface area (Å²) in [5.41, 5.74) is 0.731. The van der Waals surface area contributed by atoms with Crippen molar-refractivity contribution in [3.63, 3.8) is 0 Å². The van der Waals surface area contributed by atoms with Gasteiger partial charge < -0.3 is 24.4 Å². The molecule has 0 saturated carbocycles. The molecule has 6 nitrogen and oxygen atoms in total. The molecule has 1 aromatic rings. The molecule has 1 aliphatic heterocycles. The van der Waals surface area contributed by atoms with Crippen LogP contribution < -0.4 is 14.8 Å². The van der Waals surface area contributed by atoms with E-state index in [0.29, 0.717) is 26.3 Å². The number of hydrogen-bond acceptors (Lipinski definition) is 4. The van der Waals surface area contributed by atoms with Gasteiger partial charge in [-0.25, -0.2) is 4.79 Å². The van der Waals surface area contributed by atoms with Crippen molar-refractivity contribution in [3.8, 4) is 11.5 Å². The zero-order valence-corrected chi connectivity index (χ0v) is 13.8. The van der Waals surface area contributed by atoms with Crippen LogP contribution in [0.4, 0.5) is 13.6 Å². The Morgan fingerprint density at radius 3 is 2.92 bits per heavy atom. The van der Waals surface area contributed by atoms with Crippen molar-refractivity contribution < 1.29 is 27.8 Å². The van der Waals surface area contributed by atoms with Gasteiger partial charge in [0.1, 0.15) is 0 Å². The normalized spacial score (nSPS) is 17.7. The van der Waals surface area contributed by atoms with Crippen LogP contribution in [-0.2, 0) is 11.3 Å². The molecule has 2 rings (SSSR count). The Morgan fingerprint density at radius 1 is 1.46 bits per heavy atom. The van der Waals surface area contributed by atoms with Crippen molar-refractivity contribution in [2.24, 2.45) is 0 Å². The minimum absolute atomic E-state index is 0.0137. The Labute approximate surface area is 139 Å². The summed E-state index contributed by atoms with van der Waals surface area (Å²) in [5, 5.41) is 2.81. The van der Waals surface area contributed by atoms with Gasteiger partial charge in [0, 0.05) is 19.6 Å². The van der Waals surface area contributed by atoms with Crippen LogP contribution >= 0.6 is 0 Å². The molecule has 1 N–H and O–H groups in total. The fraction of sp³-hybridized carbons (Fsp3) is 0.562.